The SMILES string of the molecule is Cc1cccc(CO[C]=O)c1C. The van der Waals surface area contributed by atoms with Gasteiger partial charge in [0.05, 0.1) is 0 Å². The predicted molar refractivity (Wildman–Crippen MR) is 46.4 cm³/mol. The minimum Gasteiger partial charge on any atom is -0.452 e. The first-order valence-electron chi connectivity index (χ1n) is 3.79. The molecule has 0 atom stereocenters. The average Bonchev–Trinajstić information content (AvgIpc) is 2.08. The summed E-state index contributed by atoms with van der Waals surface area (Å²) >= 11 is 0. The lowest BCUT2D eigenvalue weighted by Crippen LogP contribution is -1.94. The van der Waals surface area contributed by atoms with Gasteiger partial charge in [-0.05, 0) is 30.5 Å². The van der Waals surface area contributed by atoms with E-state index in [0.717, 1.165) is 5.56 Å². The number of ether oxygens (including phenoxy) is 1. The molecule has 1 aromatic rings. The zero-order chi connectivity index (χ0) is 8.97. The van der Waals surface area contributed by atoms with Crippen molar-refractivity contribution in [1.82, 2.24) is 0 Å². The fourth-order valence-corrected chi connectivity index (χ4v) is 1.08. The molecule has 0 saturated carbocycles. The molecule has 2 nitrogen and oxygen atoms in total. The number of benzene rings is 1. The summed E-state index contributed by atoms with van der Waals surface area (Å²) in [4.78, 5) is 9.83. The van der Waals surface area contributed by atoms with Crippen LogP contribution in [0.4, 0.5) is 0 Å². The van der Waals surface area contributed by atoms with E-state index in [9.17, 15) is 4.79 Å². The number of aryl methyl sites for hydroxylation is 1. The summed E-state index contributed by atoms with van der Waals surface area (Å²) in [6.45, 7) is 5.77. The van der Waals surface area contributed by atoms with Crippen LogP contribution in [0.5, 0.6) is 0 Å². The lowest BCUT2D eigenvalue weighted by atomic mass is 10.0. The summed E-state index contributed by atoms with van der Waals surface area (Å²) in [5, 5.41) is 0. The molecule has 0 aliphatic carbocycles. The predicted octanol–water partition coefficient (Wildman–Crippen LogP) is 1.89. The third-order valence-electron chi connectivity index (χ3n) is 2.00. The number of hydrogen-bond acceptors (Lipinski definition) is 2. The topological polar surface area (TPSA) is 26.3 Å². The largest absolute Gasteiger partial charge is 0.452 e. The van der Waals surface area contributed by atoms with Crippen LogP contribution in [-0.4, -0.2) is 6.47 Å². The average molecular weight is 163 g/mol. The van der Waals surface area contributed by atoms with E-state index in [1.54, 1.807) is 0 Å². The van der Waals surface area contributed by atoms with Gasteiger partial charge in [-0.2, -0.15) is 0 Å². The summed E-state index contributed by atoms with van der Waals surface area (Å²) in [6.07, 6.45) is 0. The Balaban J connectivity index is 2.84. The van der Waals surface area contributed by atoms with Crippen molar-refractivity contribution in [2.24, 2.45) is 0 Å². The molecule has 0 bridgehead atoms. The van der Waals surface area contributed by atoms with Crippen LogP contribution in [0.1, 0.15) is 16.7 Å². The monoisotopic (exact) mass is 163 g/mol. The highest BCUT2D eigenvalue weighted by molar-refractivity contribution is 5.40. The van der Waals surface area contributed by atoms with E-state index in [1.807, 2.05) is 32.0 Å². The van der Waals surface area contributed by atoms with Crippen molar-refractivity contribution in [2.75, 3.05) is 0 Å². The van der Waals surface area contributed by atoms with Crippen LogP contribution in [0.15, 0.2) is 18.2 Å². The van der Waals surface area contributed by atoms with E-state index in [0.29, 0.717) is 6.61 Å². The Hall–Kier alpha value is -1.31. The van der Waals surface area contributed by atoms with Crippen molar-refractivity contribution in [1.29, 1.82) is 0 Å². The summed E-state index contributed by atoms with van der Waals surface area (Å²) in [5.74, 6) is 0. The van der Waals surface area contributed by atoms with Crippen molar-refractivity contribution in [2.45, 2.75) is 20.5 Å². The highest BCUT2D eigenvalue weighted by Gasteiger charge is 1.99. The van der Waals surface area contributed by atoms with Gasteiger partial charge in [0.1, 0.15) is 6.61 Å². The molecule has 0 aliphatic heterocycles. The first kappa shape index (κ1) is 8.78. The van der Waals surface area contributed by atoms with Crippen LogP contribution in [0, 0.1) is 13.8 Å². The third kappa shape index (κ3) is 1.84. The van der Waals surface area contributed by atoms with E-state index in [4.69, 9.17) is 0 Å². The molecule has 1 aromatic carbocycles. The van der Waals surface area contributed by atoms with Crippen LogP contribution < -0.4 is 0 Å². The summed E-state index contributed by atoms with van der Waals surface area (Å²) in [6, 6.07) is 5.93. The summed E-state index contributed by atoms with van der Waals surface area (Å²) in [5.41, 5.74) is 3.42. The first-order valence-corrected chi connectivity index (χ1v) is 3.79. The number of rotatable bonds is 3. The smallest absolute Gasteiger partial charge is 0.417 e. The van der Waals surface area contributed by atoms with Gasteiger partial charge in [-0.25, -0.2) is 4.79 Å². The molecule has 0 unspecified atom stereocenters. The Bertz CT molecular complexity index is 279. The zero-order valence-electron chi connectivity index (χ0n) is 7.26. The van der Waals surface area contributed by atoms with E-state index >= 15 is 0 Å². The third-order valence-corrected chi connectivity index (χ3v) is 2.00. The van der Waals surface area contributed by atoms with Gasteiger partial charge in [-0.3, -0.25) is 0 Å². The number of carbonyl (C=O) groups excluding carboxylic acids is 1. The second kappa shape index (κ2) is 3.90. The summed E-state index contributed by atoms with van der Waals surface area (Å²) < 4.78 is 4.55. The highest BCUT2D eigenvalue weighted by Crippen LogP contribution is 2.12. The minimum atomic E-state index is 0.316. The van der Waals surface area contributed by atoms with Crippen LogP contribution >= 0.6 is 0 Å². The Morgan fingerprint density at radius 3 is 2.83 bits per heavy atom. The molecule has 0 aliphatic rings. The molecule has 0 heterocycles. The second-order valence-electron chi connectivity index (χ2n) is 2.73. The molecule has 0 fully saturated rings. The lowest BCUT2D eigenvalue weighted by molar-refractivity contribution is 0.266. The lowest BCUT2D eigenvalue weighted by Gasteiger charge is -2.05. The molecule has 12 heavy (non-hydrogen) atoms. The Kier molecular flexibility index (Phi) is 2.86. The van der Waals surface area contributed by atoms with Gasteiger partial charge in [0.25, 0.3) is 0 Å². The van der Waals surface area contributed by atoms with Gasteiger partial charge in [-0.1, -0.05) is 18.2 Å². The van der Waals surface area contributed by atoms with Gasteiger partial charge in [-0.15, -0.1) is 0 Å². The molecule has 0 saturated heterocycles. The number of hydrogen-bond donors (Lipinski definition) is 0. The molecule has 0 spiro atoms. The van der Waals surface area contributed by atoms with Crippen molar-refractivity contribution in [3.05, 3.63) is 34.9 Å². The normalized spacial score (nSPS) is 9.50. The Morgan fingerprint density at radius 2 is 2.17 bits per heavy atom. The van der Waals surface area contributed by atoms with Gasteiger partial charge in [0.2, 0.25) is 0 Å². The molecule has 0 aromatic heterocycles. The van der Waals surface area contributed by atoms with Crippen molar-refractivity contribution >= 4 is 6.47 Å². The molecule has 0 amide bonds. The molecule has 1 rings (SSSR count). The highest BCUT2D eigenvalue weighted by atomic mass is 16.5. The van der Waals surface area contributed by atoms with E-state index in [2.05, 4.69) is 4.74 Å². The van der Waals surface area contributed by atoms with Gasteiger partial charge in [0.15, 0.2) is 0 Å². The maximum Gasteiger partial charge on any atom is 0.417 e. The van der Waals surface area contributed by atoms with Crippen LogP contribution in [0.25, 0.3) is 0 Å². The second-order valence-corrected chi connectivity index (χ2v) is 2.73. The molecular formula is C10H11O2. The fraction of sp³-hybridized carbons (Fsp3) is 0.300. The molecule has 1 radical (unpaired) electrons. The van der Waals surface area contributed by atoms with Gasteiger partial charge in [0, 0.05) is 0 Å². The van der Waals surface area contributed by atoms with Crippen LogP contribution in [-0.2, 0) is 16.1 Å². The van der Waals surface area contributed by atoms with Gasteiger partial charge < -0.3 is 4.74 Å². The standard InChI is InChI=1S/C10H11O2/c1-8-4-3-5-10(9(8)2)6-12-7-11/h3-5H,6H2,1-2H3. The molecular weight excluding hydrogens is 152 g/mol. The van der Waals surface area contributed by atoms with Crippen LogP contribution in [0.3, 0.4) is 0 Å². The first-order chi connectivity index (χ1) is 5.75. The van der Waals surface area contributed by atoms with E-state index < -0.39 is 0 Å². The van der Waals surface area contributed by atoms with E-state index in [-0.39, 0.29) is 0 Å². The maximum absolute atomic E-state index is 9.83. The quantitative estimate of drug-likeness (QED) is 0.680. The Morgan fingerprint density at radius 1 is 1.42 bits per heavy atom. The zero-order valence-corrected chi connectivity index (χ0v) is 7.26. The Labute approximate surface area is 72.2 Å². The van der Waals surface area contributed by atoms with E-state index in [1.165, 1.54) is 17.6 Å². The molecule has 0 N–H and O–H groups in total. The van der Waals surface area contributed by atoms with Crippen molar-refractivity contribution < 1.29 is 9.53 Å². The molecule has 63 valence electrons. The van der Waals surface area contributed by atoms with Gasteiger partial charge >= 0.3 is 6.47 Å². The van der Waals surface area contributed by atoms with Crippen molar-refractivity contribution in [3.8, 4) is 0 Å². The van der Waals surface area contributed by atoms with Crippen molar-refractivity contribution in [3.63, 3.8) is 0 Å². The summed E-state index contributed by atoms with van der Waals surface area (Å²) in [7, 11) is 0. The maximum atomic E-state index is 9.83. The fourth-order valence-electron chi connectivity index (χ4n) is 1.08. The minimum absolute atomic E-state index is 0.316. The molecule has 2 heteroatoms. The van der Waals surface area contributed by atoms with Crippen LogP contribution in [0.2, 0.25) is 0 Å².